The van der Waals surface area contributed by atoms with Gasteiger partial charge in [-0.15, -0.1) is 0 Å². The van der Waals surface area contributed by atoms with Gasteiger partial charge in [0.1, 0.15) is 6.10 Å². The Kier molecular flexibility index (Phi) is 5.18. The van der Waals surface area contributed by atoms with E-state index in [2.05, 4.69) is 5.32 Å². The first-order chi connectivity index (χ1) is 9.38. The zero-order chi connectivity index (χ0) is 15.3. The number of anilines is 1. The molecule has 0 heterocycles. The summed E-state index contributed by atoms with van der Waals surface area (Å²) in [5.74, 6) is -2.00. The van der Waals surface area contributed by atoms with Crippen molar-refractivity contribution in [3.8, 4) is 0 Å². The van der Waals surface area contributed by atoms with Crippen LogP contribution in [0.4, 0.5) is 5.69 Å². The summed E-state index contributed by atoms with van der Waals surface area (Å²) in [6, 6.07) is 3.91. The highest BCUT2D eigenvalue weighted by atomic mass is 16.5. The molecule has 0 bridgehead atoms. The van der Waals surface area contributed by atoms with Crippen LogP contribution in [0.15, 0.2) is 18.2 Å². The summed E-state index contributed by atoms with van der Waals surface area (Å²) in [6.07, 6.45) is -0.843. The number of benzene rings is 1. The summed E-state index contributed by atoms with van der Waals surface area (Å²) in [5.41, 5.74) is 16.0. The summed E-state index contributed by atoms with van der Waals surface area (Å²) in [4.78, 5) is 34.1. The third kappa shape index (κ3) is 3.77. The number of hydrogen-bond acceptors (Lipinski definition) is 5. The van der Waals surface area contributed by atoms with E-state index in [9.17, 15) is 14.4 Å². The topological polar surface area (TPSA) is 151 Å². The van der Waals surface area contributed by atoms with Gasteiger partial charge in [-0.05, 0) is 18.2 Å². The Morgan fingerprint density at radius 3 is 2.00 bits per heavy atom. The van der Waals surface area contributed by atoms with E-state index in [1.807, 2.05) is 0 Å². The highest BCUT2D eigenvalue weighted by Crippen LogP contribution is 2.15. The lowest BCUT2D eigenvalue weighted by Gasteiger charge is -2.14. The molecular weight excluding hydrogens is 264 g/mol. The zero-order valence-electron chi connectivity index (χ0n) is 10.9. The van der Waals surface area contributed by atoms with Crippen molar-refractivity contribution in [2.75, 3.05) is 19.0 Å². The first kappa shape index (κ1) is 15.6. The molecule has 0 saturated heterocycles. The molecule has 0 aliphatic rings. The molecule has 1 rings (SSSR count). The van der Waals surface area contributed by atoms with Crippen LogP contribution in [0.5, 0.6) is 0 Å². The van der Waals surface area contributed by atoms with Gasteiger partial charge in [0.25, 0.3) is 5.91 Å². The third-order valence-corrected chi connectivity index (χ3v) is 2.56. The first-order valence-corrected chi connectivity index (χ1v) is 5.67. The quantitative estimate of drug-likeness (QED) is 0.515. The zero-order valence-corrected chi connectivity index (χ0v) is 10.9. The fourth-order valence-corrected chi connectivity index (χ4v) is 1.52. The number of nitrogens with one attached hydrogen (secondary N) is 1. The Bertz CT molecular complexity index is 508. The standard InChI is InChI=1S/C12H16N4O4/c1-20-9(5-13)12(19)16-8-3-6(10(14)17)2-7(4-8)11(15)18/h2-4,9H,5,13H2,1H3,(H2,14,17)(H2,15,18)(H,16,19). The lowest BCUT2D eigenvalue weighted by molar-refractivity contribution is -0.125. The molecule has 0 aliphatic carbocycles. The van der Waals surface area contributed by atoms with Gasteiger partial charge in [-0.25, -0.2) is 0 Å². The van der Waals surface area contributed by atoms with E-state index in [-0.39, 0.29) is 23.4 Å². The van der Waals surface area contributed by atoms with Crippen molar-refractivity contribution in [3.05, 3.63) is 29.3 Å². The van der Waals surface area contributed by atoms with Crippen molar-refractivity contribution in [3.63, 3.8) is 0 Å². The van der Waals surface area contributed by atoms with E-state index in [1.165, 1.54) is 25.3 Å². The largest absolute Gasteiger partial charge is 0.370 e. The van der Waals surface area contributed by atoms with Crippen LogP contribution in [0.3, 0.4) is 0 Å². The number of amides is 3. The number of ether oxygens (including phenoxy) is 1. The Morgan fingerprint density at radius 2 is 1.65 bits per heavy atom. The van der Waals surface area contributed by atoms with Crippen molar-refractivity contribution < 1.29 is 19.1 Å². The van der Waals surface area contributed by atoms with Crippen LogP contribution in [0.1, 0.15) is 20.7 Å². The molecule has 7 N–H and O–H groups in total. The Morgan fingerprint density at radius 1 is 1.15 bits per heavy atom. The second-order valence-electron chi connectivity index (χ2n) is 3.98. The number of carbonyl (C=O) groups excluding carboxylic acids is 3. The number of primary amides is 2. The molecule has 0 radical (unpaired) electrons. The number of carbonyl (C=O) groups is 3. The highest BCUT2D eigenvalue weighted by Gasteiger charge is 2.17. The van der Waals surface area contributed by atoms with Gasteiger partial charge < -0.3 is 27.3 Å². The molecule has 8 nitrogen and oxygen atoms in total. The molecular formula is C12H16N4O4. The average molecular weight is 280 g/mol. The molecule has 1 atom stereocenters. The van der Waals surface area contributed by atoms with Crippen LogP contribution in [0, 0.1) is 0 Å². The monoisotopic (exact) mass is 280 g/mol. The van der Waals surface area contributed by atoms with Gasteiger partial charge in [-0.3, -0.25) is 14.4 Å². The van der Waals surface area contributed by atoms with Gasteiger partial charge in [0, 0.05) is 30.5 Å². The summed E-state index contributed by atoms with van der Waals surface area (Å²) in [6.45, 7) is -0.0134. The van der Waals surface area contributed by atoms with Crippen LogP contribution >= 0.6 is 0 Å². The van der Waals surface area contributed by atoms with Crippen molar-refractivity contribution in [1.29, 1.82) is 0 Å². The smallest absolute Gasteiger partial charge is 0.254 e. The molecule has 1 unspecified atom stereocenters. The Hall–Kier alpha value is -2.45. The summed E-state index contributed by atoms with van der Waals surface area (Å²) < 4.78 is 4.87. The van der Waals surface area contributed by atoms with Gasteiger partial charge in [-0.2, -0.15) is 0 Å². The van der Waals surface area contributed by atoms with Crippen LogP contribution in [0.2, 0.25) is 0 Å². The Labute approximate surface area is 115 Å². The lowest BCUT2D eigenvalue weighted by atomic mass is 10.1. The van der Waals surface area contributed by atoms with Gasteiger partial charge >= 0.3 is 0 Å². The van der Waals surface area contributed by atoms with Crippen molar-refractivity contribution >= 4 is 23.4 Å². The normalized spacial score (nSPS) is 11.7. The van der Waals surface area contributed by atoms with E-state index < -0.39 is 23.8 Å². The molecule has 3 amide bonds. The molecule has 8 heteroatoms. The fraction of sp³-hybridized carbons (Fsp3) is 0.250. The maximum absolute atomic E-state index is 11.8. The minimum absolute atomic E-state index is 0.0134. The van der Waals surface area contributed by atoms with Crippen LogP contribution in [0.25, 0.3) is 0 Å². The molecule has 1 aromatic carbocycles. The minimum Gasteiger partial charge on any atom is -0.370 e. The van der Waals surface area contributed by atoms with Crippen molar-refractivity contribution in [1.82, 2.24) is 0 Å². The van der Waals surface area contributed by atoms with Gasteiger partial charge in [0.2, 0.25) is 11.8 Å². The van der Waals surface area contributed by atoms with E-state index in [4.69, 9.17) is 21.9 Å². The van der Waals surface area contributed by atoms with E-state index in [0.717, 1.165) is 0 Å². The molecule has 0 saturated carbocycles. The summed E-state index contributed by atoms with van der Waals surface area (Å²) in [5, 5.41) is 2.47. The summed E-state index contributed by atoms with van der Waals surface area (Å²) >= 11 is 0. The number of nitrogens with two attached hydrogens (primary N) is 3. The number of methoxy groups -OCH3 is 1. The highest BCUT2D eigenvalue weighted by molar-refractivity contribution is 6.02. The second kappa shape index (κ2) is 6.64. The van der Waals surface area contributed by atoms with Crippen LogP contribution < -0.4 is 22.5 Å². The van der Waals surface area contributed by atoms with E-state index in [0.29, 0.717) is 0 Å². The van der Waals surface area contributed by atoms with E-state index in [1.54, 1.807) is 0 Å². The number of hydrogen-bond donors (Lipinski definition) is 4. The predicted molar refractivity (Wildman–Crippen MR) is 72.0 cm³/mol. The molecule has 1 aromatic rings. The Balaban J connectivity index is 3.08. The van der Waals surface area contributed by atoms with Crippen molar-refractivity contribution in [2.24, 2.45) is 17.2 Å². The van der Waals surface area contributed by atoms with Crippen LogP contribution in [-0.2, 0) is 9.53 Å². The predicted octanol–water partition coefficient (Wildman–Crippen LogP) is -1.20. The molecule has 0 spiro atoms. The second-order valence-corrected chi connectivity index (χ2v) is 3.98. The molecule has 0 aromatic heterocycles. The van der Waals surface area contributed by atoms with Gasteiger partial charge in [0.05, 0.1) is 0 Å². The molecule has 20 heavy (non-hydrogen) atoms. The van der Waals surface area contributed by atoms with Crippen molar-refractivity contribution in [2.45, 2.75) is 6.10 Å². The molecule has 0 aliphatic heterocycles. The fourth-order valence-electron chi connectivity index (χ4n) is 1.52. The SMILES string of the molecule is COC(CN)C(=O)Nc1cc(C(N)=O)cc(C(N)=O)c1. The van der Waals surface area contributed by atoms with E-state index >= 15 is 0 Å². The maximum Gasteiger partial charge on any atom is 0.254 e. The number of rotatable bonds is 6. The third-order valence-electron chi connectivity index (χ3n) is 2.56. The molecule has 108 valence electrons. The summed E-state index contributed by atoms with van der Waals surface area (Å²) in [7, 11) is 1.34. The molecule has 0 fully saturated rings. The minimum atomic E-state index is -0.843. The van der Waals surface area contributed by atoms with Crippen LogP contribution in [-0.4, -0.2) is 37.5 Å². The average Bonchev–Trinajstić information content (AvgIpc) is 2.39. The van der Waals surface area contributed by atoms with Gasteiger partial charge in [-0.1, -0.05) is 0 Å². The van der Waals surface area contributed by atoms with Gasteiger partial charge in [0.15, 0.2) is 0 Å². The maximum atomic E-state index is 11.8. The first-order valence-electron chi connectivity index (χ1n) is 5.67. The lowest BCUT2D eigenvalue weighted by Crippen LogP contribution is -2.36.